The van der Waals surface area contributed by atoms with Gasteiger partial charge in [0.2, 0.25) is 5.91 Å². The first-order chi connectivity index (χ1) is 8.59. The second kappa shape index (κ2) is 8.12. The van der Waals surface area contributed by atoms with E-state index >= 15 is 0 Å². The molecule has 1 rings (SSSR count). The second-order valence-electron chi connectivity index (χ2n) is 3.58. The lowest BCUT2D eigenvalue weighted by Gasteiger charge is -2.07. The molecule has 0 aliphatic carbocycles. The molecule has 1 heterocycles. The monoisotopic (exact) mass is 278 g/mol. The van der Waals surface area contributed by atoms with Crippen LogP contribution >= 0.6 is 11.3 Å². The number of carbonyl (C=O) groups is 1. The van der Waals surface area contributed by atoms with Crippen LogP contribution in [0.25, 0.3) is 0 Å². The first-order valence-corrected chi connectivity index (χ1v) is 6.38. The highest BCUT2D eigenvalue weighted by atomic mass is 32.1. The minimum Gasteiger partial charge on any atom is -0.374 e. The summed E-state index contributed by atoms with van der Waals surface area (Å²) in [7, 11) is 0. The summed E-state index contributed by atoms with van der Waals surface area (Å²) in [6.45, 7) is 2.23. The number of halogens is 2. The molecule has 0 atom stereocenters. The van der Waals surface area contributed by atoms with E-state index in [1.807, 2.05) is 11.4 Å². The van der Waals surface area contributed by atoms with Crippen LogP contribution in [0.2, 0.25) is 0 Å². The average Bonchev–Trinajstić information content (AvgIpc) is 2.69. The quantitative estimate of drug-likeness (QED) is 0.716. The highest BCUT2D eigenvalue weighted by Crippen LogP contribution is 2.21. The molecule has 4 nitrogen and oxygen atoms in total. The van der Waals surface area contributed by atoms with Gasteiger partial charge in [0.1, 0.15) is 6.61 Å². The predicted molar refractivity (Wildman–Crippen MR) is 67.2 cm³/mol. The predicted octanol–water partition coefficient (Wildman–Crippen LogP) is 2.08. The van der Waals surface area contributed by atoms with Crippen LogP contribution in [0.15, 0.2) is 11.4 Å². The smallest absolute Gasteiger partial charge is 0.261 e. The molecule has 0 aliphatic rings. The van der Waals surface area contributed by atoms with Crippen LogP contribution in [0.4, 0.5) is 14.5 Å². The minimum absolute atomic E-state index is 0.116. The minimum atomic E-state index is -2.42. The third-order valence-corrected chi connectivity index (χ3v) is 2.93. The van der Waals surface area contributed by atoms with Gasteiger partial charge in [-0.1, -0.05) is 0 Å². The highest BCUT2D eigenvalue weighted by Gasteiger charge is 2.05. The summed E-state index contributed by atoms with van der Waals surface area (Å²) in [5, 5.41) is 7.67. The zero-order chi connectivity index (χ0) is 13.4. The summed E-state index contributed by atoms with van der Waals surface area (Å²) < 4.78 is 28.2. The van der Waals surface area contributed by atoms with Crippen LogP contribution in [-0.4, -0.2) is 32.1 Å². The number of alkyl halides is 2. The van der Waals surface area contributed by atoms with Gasteiger partial charge in [0.05, 0.1) is 12.3 Å². The number of amides is 1. The van der Waals surface area contributed by atoms with Gasteiger partial charge in [0.25, 0.3) is 6.43 Å². The molecule has 0 unspecified atom stereocenters. The molecule has 0 saturated heterocycles. The summed E-state index contributed by atoms with van der Waals surface area (Å²) in [6.07, 6.45) is -2.42. The van der Waals surface area contributed by atoms with E-state index in [0.29, 0.717) is 13.1 Å². The first-order valence-electron chi connectivity index (χ1n) is 5.50. The van der Waals surface area contributed by atoms with Crippen LogP contribution in [0.5, 0.6) is 0 Å². The number of nitrogens with one attached hydrogen (secondary N) is 2. The lowest BCUT2D eigenvalue weighted by molar-refractivity contribution is -0.114. The summed E-state index contributed by atoms with van der Waals surface area (Å²) in [5.41, 5.74) is 0.786. The van der Waals surface area contributed by atoms with Crippen molar-refractivity contribution in [2.45, 2.75) is 19.9 Å². The fraction of sp³-hybridized carbons (Fsp3) is 0.545. The molecule has 18 heavy (non-hydrogen) atoms. The number of thiophene rings is 1. The van der Waals surface area contributed by atoms with Gasteiger partial charge in [0, 0.05) is 24.9 Å². The average molecular weight is 278 g/mol. The third-order valence-electron chi connectivity index (χ3n) is 2.01. The molecular formula is C11H16F2N2O2S. The maximum absolute atomic E-state index is 11.8. The Labute approximate surface area is 108 Å². The van der Waals surface area contributed by atoms with Crippen molar-refractivity contribution in [1.82, 2.24) is 5.32 Å². The Morgan fingerprint density at radius 3 is 3.00 bits per heavy atom. The van der Waals surface area contributed by atoms with Crippen LogP contribution in [0.1, 0.15) is 11.8 Å². The summed E-state index contributed by atoms with van der Waals surface area (Å²) >= 11 is 1.52. The Balaban J connectivity index is 2.19. The molecule has 1 amide bonds. The summed E-state index contributed by atoms with van der Waals surface area (Å²) in [6, 6.07) is 1.83. The van der Waals surface area contributed by atoms with Crippen molar-refractivity contribution in [1.29, 1.82) is 0 Å². The zero-order valence-corrected chi connectivity index (χ0v) is 10.9. The maximum atomic E-state index is 11.8. The van der Waals surface area contributed by atoms with Crippen LogP contribution < -0.4 is 10.6 Å². The summed E-state index contributed by atoms with van der Waals surface area (Å²) in [4.78, 5) is 11.9. The van der Waals surface area contributed by atoms with Gasteiger partial charge in [0.15, 0.2) is 0 Å². The van der Waals surface area contributed by atoms with Gasteiger partial charge in [-0.25, -0.2) is 8.78 Å². The Morgan fingerprint density at radius 1 is 1.56 bits per heavy atom. The van der Waals surface area contributed by atoms with Crippen molar-refractivity contribution in [2.75, 3.05) is 25.1 Å². The lowest BCUT2D eigenvalue weighted by atomic mass is 10.3. The molecule has 0 fully saturated rings. The van der Waals surface area contributed by atoms with E-state index in [1.54, 1.807) is 0 Å². The Hall–Kier alpha value is -1.05. The number of carbonyl (C=O) groups excluding carboxylic acids is 1. The van der Waals surface area contributed by atoms with E-state index in [1.165, 1.54) is 18.3 Å². The van der Waals surface area contributed by atoms with Crippen molar-refractivity contribution in [3.63, 3.8) is 0 Å². The molecule has 2 N–H and O–H groups in total. The molecule has 0 bridgehead atoms. The molecule has 1 aromatic rings. The highest BCUT2D eigenvalue weighted by molar-refractivity contribution is 7.10. The van der Waals surface area contributed by atoms with Crippen LogP contribution in [0.3, 0.4) is 0 Å². The zero-order valence-electron chi connectivity index (χ0n) is 10.0. The lowest BCUT2D eigenvalue weighted by Crippen LogP contribution is -2.21. The second-order valence-corrected chi connectivity index (χ2v) is 4.58. The van der Waals surface area contributed by atoms with Crippen molar-refractivity contribution in [3.8, 4) is 0 Å². The van der Waals surface area contributed by atoms with E-state index in [2.05, 4.69) is 10.6 Å². The van der Waals surface area contributed by atoms with Gasteiger partial charge < -0.3 is 15.4 Å². The standard InChI is InChI=1S/C11H16F2N2O2S/c1-8(16)15-9-2-5-18-10(9)6-14-3-4-17-7-11(12)13/h2,5,11,14H,3-4,6-7H2,1H3,(H,15,16). The van der Waals surface area contributed by atoms with Crippen LogP contribution in [0, 0.1) is 0 Å². The Bertz CT molecular complexity index is 372. The van der Waals surface area contributed by atoms with Crippen molar-refractivity contribution >= 4 is 22.9 Å². The molecule has 0 aliphatic heterocycles. The van der Waals surface area contributed by atoms with Gasteiger partial charge in [-0.15, -0.1) is 11.3 Å². The molecule has 1 aromatic heterocycles. The first kappa shape index (κ1) is 15.0. The number of rotatable bonds is 8. The number of ether oxygens (including phenoxy) is 1. The van der Waals surface area contributed by atoms with E-state index in [4.69, 9.17) is 4.74 Å². The third kappa shape index (κ3) is 6.04. The molecule has 0 spiro atoms. The Kier molecular flexibility index (Phi) is 6.77. The number of hydrogen-bond donors (Lipinski definition) is 2. The van der Waals surface area contributed by atoms with Crippen LogP contribution in [-0.2, 0) is 16.1 Å². The SMILES string of the molecule is CC(=O)Nc1ccsc1CNCCOCC(F)F. The molecular weight excluding hydrogens is 262 g/mol. The molecule has 0 saturated carbocycles. The van der Waals surface area contributed by atoms with E-state index in [-0.39, 0.29) is 12.5 Å². The normalized spacial score (nSPS) is 10.9. The van der Waals surface area contributed by atoms with Crippen molar-refractivity contribution in [3.05, 3.63) is 16.3 Å². The van der Waals surface area contributed by atoms with Crippen molar-refractivity contribution in [2.24, 2.45) is 0 Å². The largest absolute Gasteiger partial charge is 0.374 e. The van der Waals surface area contributed by atoms with Gasteiger partial charge in [-0.2, -0.15) is 0 Å². The fourth-order valence-electron chi connectivity index (χ4n) is 1.30. The van der Waals surface area contributed by atoms with Gasteiger partial charge in [-0.05, 0) is 11.4 Å². The topological polar surface area (TPSA) is 50.4 Å². The molecule has 7 heteroatoms. The van der Waals surface area contributed by atoms with E-state index in [9.17, 15) is 13.6 Å². The molecule has 0 radical (unpaired) electrons. The van der Waals surface area contributed by atoms with E-state index in [0.717, 1.165) is 10.6 Å². The Morgan fingerprint density at radius 2 is 2.33 bits per heavy atom. The van der Waals surface area contributed by atoms with Gasteiger partial charge >= 0.3 is 0 Å². The molecule has 102 valence electrons. The maximum Gasteiger partial charge on any atom is 0.261 e. The summed E-state index contributed by atoms with van der Waals surface area (Å²) in [5.74, 6) is -0.116. The fourth-order valence-corrected chi connectivity index (χ4v) is 2.10. The van der Waals surface area contributed by atoms with Crippen molar-refractivity contribution < 1.29 is 18.3 Å². The number of anilines is 1. The van der Waals surface area contributed by atoms with E-state index < -0.39 is 13.0 Å². The molecule has 0 aromatic carbocycles. The number of hydrogen-bond acceptors (Lipinski definition) is 4. The van der Waals surface area contributed by atoms with Gasteiger partial charge in [-0.3, -0.25) is 4.79 Å².